The minimum absolute atomic E-state index is 0.00244. The van der Waals surface area contributed by atoms with E-state index in [0.29, 0.717) is 0 Å². The third kappa shape index (κ3) is 2.99. The predicted octanol–water partition coefficient (Wildman–Crippen LogP) is 3.19. The molecular weight excluding hydrogens is 233 g/mol. The van der Waals surface area contributed by atoms with Gasteiger partial charge in [0, 0.05) is 5.41 Å². The molecule has 0 heterocycles. The van der Waals surface area contributed by atoms with Crippen LogP contribution in [-0.4, -0.2) is 11.1 Å². The van der Waals surface area contributed by atoms with Crippen LogP contribution in [0, 0.1) is 11.6 Å². The summed E-state index contributed by atoms with van der Waals surface area (Å²) in [4.78, 5) is 10.6. The molecule has 0 unspecified atom stereocenters. The molecule has 2 nitrogen and oxygen atoms in total. The molecule has 0 amide bonds. The van der Waals surface area contributed by atoms with Gasteiger partial charge in [-0.15, -0.1) is 0 Å². The van der Waals surface area contributed by atoms with Gasteiger partial charge < -0.3 is 5.11 Å². The molecule has 5 heteroatoms. The van der Waals surface area contributed by atoms with Crippen LogP contribution in [0.3, 0.4) is 0 Å². The van der Waals surface area contributed by atoms with Gasteiger partial charge >= 0.3 is 5.97 Å². The zero-order valence-corrected chi connectivity index (χ0v) is 9.56. The Labute approximate surface area is 97.1 Å². The number of hydrogen-bond acceptors (Lipinski definition) is 1. The van der Waals surface area contributed by atoms with Crippen LogP contribution in [0.2, 0.25) is 0 Å². The molecule has 0 aromatic heterocycles. The van der Waals surface area contributed by atoms with Gasteiger partial charge in [0.05, 0.1) is 6.42 Å². The number of aliphatic carboxylic acids is 1. The Bertz CT molecular complexity index is 442. The summed E-state index contributed by atoms with van der Waals surface area (Å²) in [5, 5.41) is 8.71. The molecule has 0 spiro atoms. The van der Waals surface area contributed by atoms with Crippen LogP contribution in [0.15, 0.2) is 12.1 Å². The zero-order chi connectivity index (χ0) is 13.2. The molecule has 0 bridgehead atoms. The maximum Gasteiger partial charge on any atom is 0.304 e. The number of hydrogen-bond donors (Lipinski definition) is 1. The highest BCUT2D eigenvalue weighted by Crippen LogP contribution is 2.31. The van der Waals surface area contributed by atoms with Gasteiger partial charge in [-0.3, -0.25) is 4.79 Å². The monoisotopic (exact) mass is 246 g/mol. The number of benzene rings is 1. The van der Waals surface area contributed by atoms with Crippen molar-refractivity contribution in [3.05, 3.63) is 34.9 Å². The standard InChI is InChI=1S/C12H13F3O2/c1-12(2,5-10(16)17)8-3-7(6-13)4-9(14)11(8)15/h3-4H,5-6H2,1-2H3,(H,16,17). The summed E-state index contributed by atoms with van der Waals surface area (Å²) in [5.41, 5.74) is -1.22. The van der Waals surface area contributed by atoms with Crippen molar-refractivity contribution >= 4 is 5.97 Å². The number of carboxylic acid groups (broad SMARTS) is 1. The van der Waals surface area contributed by atoms with E-state index in [4.69, 9.17) is 5.11 Å². The summed E-state index contributed by atoms with van der Waals surface area (Å²) in [6.45, 7) is 2.02. The number of halogens is 3. The molecule has 0 aliphatic rings. The van der Waals surface area contributed by atoms with Gasteiger partial charge in [0.15, 0.2) is 11.6 Å². The van der Waals surface area contributed by atoms with Crippen LogP contribution >= 0.6 is 0 Å². The van der Waals surface area contributed by atoms with Crippen LogP contribution in [0.4, 0.5) is 13.2 Å². The van der Waals surface area contributed by atoms with Gasteiger partial charge in [0.2, 0.25) is 0 Å². The summed E-state index contributed by atoms with van der Waals surface area (Å²) < 4.78 is 39.2. The fourth-order valence-corrected chi connectivity index (χ4v) is 1.69. The van der Waals surface area contributed by atoms with E-state index < -0.39 is 29.7 Å². The summed E-state index contributed by atoms with van der Waals surface area (Å²) in [5.74, 6) is -3.40. The van der Waals surface area contributed by atoms with E-state index in [1.807, 2.05) is 0 Å². The van der Waals surface area contributed by atoms with E-state index in [2.05, 4.69) is 0 Å². The summed E-state index contributed by atoms with van der Waals surface area (Å²) in [6, 6.07) is 1.94. The molecule has 0 saturated carbocycles. The zero-order valence-electron chi connectivity index (χ0n) is 9.56. The van der Waals surface area contributed by atoms with E-state index in [-0.39, 0.29) is 17.5 Å². The highest BCUT2D eigenvalue weighted by Gasteiger charge is 2.29. The van der Waals surface area contributed by atoms with E-state index in [1.54, 1.807) is 0 Å². The van der Waals surface area contributed by atoms with Gasteiger partial charge in [0.25, 0.3) is 0 Å². The van der Waals surface area contributed by atoms with Crippen molar-refractivity contribution in [2.24, 2.45) is 0 Å². The lowest BCUT2D eigenvalue weighted by atomic mass is 9.80. The number of rotatable bonds is 4. The Morgan fingerprint density at radius 2 is 1.94 bits per heavy atom. The predicted molar refractivity (Wildman–Crippen MR) is 56.4 cm³/mol. The molecule has 1 rings (SSSR count). The molecule has 1 N–H and O–H groups in total. The van der Waals surface area contributed by atoms with Crippen molar-refractivity contribution in [1.82, 2.24) is 0 Å². The van der Waals surface area contributed by atoms with E-state index >= 15 is 0 Å². The summed E-state index contributed by atoms with van der Waals surface area (Å²) in [6.07, 6.45) is -0.362. The van der Waals surface area contributed by atoms with Gasteiger partial charge in [-0.2, -0.15) is 0 Å². The second-order valence-corrected chi connectivity index (χ2v) is 4.53. The van der Waals surface area contributed by atoms with Crippen molar-refractivity contribution in [2.45, 2.75) is 32.4 Å². The largest absolute Gasteiger partial charge is 0.481 e. The fourth-order valence-electron chi connectivity index (χ4n) is 1.69. The second-order valence-electron chi connectivity index (χ2n) is 4.53. The summed E-state index contributed by atoms with van der Waals surface area (Å²) in [7, 11) is 0. The van der Waals surface area contributed by atoms with Crippen LogP contribution in [0.25, 0.3) is 0 Å². The SMILES string of the molecule is CC(C)(CC(=O)O)c1cc(CF)cc(F)c1F. The molecule has 94 valence electrons. The lowest BCUT2D eigenvalue weighted by Gasteiger charge is -2.24. The molecule has 0 saturated heterocycles. The van der Waals surface area contributed by atoms with Crippen molar-refractivity contribution in [1.29, 1.82) is 0 Å². The average Bonchev–Trinajstić information content (AvgIpc) is 2.19. The van der Waals surface area contributed by atoms with E-state index in [1.165, 1.54) is 19.9 Å². The molecule has 17 heavy (non-hydrogen) atoms. The smallest absolute Gasteiger partial charge is 0.304 e. The Morgan fingerprint density at radius 3 is 2.41 bits per heavy atom. The minimum atomic E-state index is -1.16. The van der Waals surface area contributed by atoms with Crippen LogP contribution in [0.1, 0.15) is 31.4 Å². The maximum atomic E-state index is 13.6. The first-order valence-corrected chi connectivity index (χ1v) is 5.04. The molecule has 0 atom stereocenters. The molecule has 0 aliphatic carbocycles. The molecule has 0 radical (unpaired) electrons. The molecular formula is C12H13F3O2. The van der Waals surface area contributed by atoms with Crippen LogP contribution in [0.5, 0.6) is 0 Å². The van der Waals surface area contributed by atoms with Gasteiger partial charge in [-0.1, -0.05) is 13.8 Å². The number of carboxylic acids is 1. The Kier molecular flexibility index (Phi) is 3.80. The van der Waals surface area contributed by atoms with Crippen molar-refractivity contribution < 1.29 is 23.1 Å². The molecule has 1 aromatic rings. The first kappa shape index (κ1) is 13.5. The Hall–Kier alpha value is -1.52. The van der Waals surface area contributed by atoms with Gasteiger partial charge in [-0.05, 0) is 23.3 Å². The Balaban J connectivity index is 3.28. The molecule has 0 aliphatic heterocycles. The third-order valence-corrected chi connectivity index (χ3v) is 2.56. The van der Waals surface area contributed by atoms with E-state index in [0.717, 1.165) is 6.07 Å². The van der Waals surface area contributed by atoms with Gasteiger partial charge in [-0.25, -0.2) is 13.2 Å². The molecule has 0 fully saturated rings. The topological polar surface area (TPSA) is 37.3 Å². The number of alkyl halides is 1. The normalized spacial score (nSPS) is 11.6. The van der Waals surface area contributed by atoms with Crippen molar-refractivity contribution in [2.75, 3.05) is 0 Å². The minimum Gasteiger partial charge on any atom is -0.481 e. The fraction of sp³-hybridized carbons (Fsp3) is 0.417. The van der Waals surface area contributed by atoms with Crippen molar-refractivity contribution in [3.63, 3.8) is 0 Å². The van der Waals surface area contributed by atoms with Gasteiger partial charge in [0.1, 0.15) is 6.67 Å². The van der Waals surface area contributed by atoms with E-state index in [9.17, 15) is 18.0 Å². The number of carbonyl (C=O) groups is 1. The molecule has 1 aromatic carbocycles. The average molecular weight is 246 g/mol. The highest BCUT2D eigenvalue weighted by atomic mass is 19.2. The first-order valence-electron chi connectivity index (χ1n) is 5.04. The van der Waals surface area contributed by atoms with Crippen LogP contribution < -0.4 is 0 Å². The summed E-state index contributed by atoms with van der Waals surface area (Å²) >= 11 is 0. The second kappa shape index (κ2) is 4.77. The third-order valence-electron chi connectivity index (χ3n) is 2.56. The first-order chi connectivity index (χ1) is 7.77. The van der Waals surface area contributed by atoms with Crippen molar-refractivity contribution in [3.8, 4) is 0 Å². The quantitative estimate of drug-likeness (QED) is 0.885. The van der Waals surface area contributed by atoms with Crippen LogP contribution in [-0.2, 0) is 16.9 Å². The maximum absolute atomic E-state index is 13.6. The Morgan fingerprint density at radius 1 is 1.35 bits per heavy atom. The highest BCUT2D eigenvalue weighted by molar-refractivity contribution is 5.69. The lowest BCUT2D eigenvalue weighted by Crippen LogP contribution is -2.24. The lowest BCUT2D eigenvalue weighted by molar-refractivity contribution is -0.138.